The molecule has 0 amide bonds. The van der Waals surface area contributed by atoms with Gasteiger partial charge in [-0.25, -0.2) is 8.42 Å². The summed E-state index contributed by atoms with van der Waals surface area (Å²) < 4.78 is 25.7. The van der Waals surface area contributed by atoms with Crippen LogP contribution in [0, 0.1) is 0 Å². The van der Waals surface area contributed by atoms with E-state index in [1.165, 1.54) is 0 Å². The summed E-state index contributed by atoms with van der Waals surface area (Å²) in [6.07, 6.45) is 3.68. The molecule has 1 fully saturated rings. The van der Waals surface area contributed by atoms with E-state index in [1.54, 1.807) is 4.31 Å². The minimum Gasteiger partial charge on any atom is -0.320 e. The Morgan fingerprint density at radius 1 is 1.47 bits per heavy atom. The Kier molecular flexibility index (Phi) is 5.02. The Morgan fingerprint density at radius 2 is 2.20 bits per heavy atom. The van der Waals surface area contributed by atoms with Crippen molar-refractivity contribution < 1.29 is 8.42 Å². The zero-order valence-corrected chi connectivity index (χ0v) is 10.5. The molecule has 15 heavy (non-hydrogen) atoms. The summed E-state index contributed by atoms with van der Waals surface area (Å²) in [4.78, 5) is 0. The van der Waals surface area contributed by atoms with Crippen LogP contribution >= 0.6 is 0 Å². The molecule has 4 nitrogen and oxygen atoms in total. The highest BCUT2D eigenvalue weighted by molar-refractivity contribution is 7.89. The second-order valence-electron chi connectivity index (χ2n) is 4.09. The van der Waals surface area contributed by atoms with Crippen LogP contribution in [0.4, 0.5) is 0 Å². The van der Waals surface area contributed by atoms with E-state index < -0.39 is 10.0 Å². The monoisotopic (exact) mass is 234 g/mol. The zero-order valence-electron chi connectivity index (χ0n) is 9.70. The van der Waals surface area contributed by atoms with Crippen molar-refractivity contribution in [2.45, 2.75) is 38.6 Å². The molecule has 0 aliphatic carbocycles. The van der Waals surface area contributed by atoms with Crippen molar-refractivity contribution >= 4 is 10.0 Å². The van der Waals surface area contributed by atoms with E-state index in [-0.39, 0.29) is 11.8 Å². The Bertz CT molecular complexity index is 277. The van der Waals surface area contributed by atoms with Gasteiger partial charge in [0.1, 0.15) is 0 Å². The average Bonchev–Trinajstić information content (AvgIpc) is 2.66. The maximum atomic E-state index is 12.0. The molecule has 1 unspecified atom stereocenters. The SMILES string of the molecule is CCC1CCCN1S(=O)(=O)CCCNC. The minimum absolute atomic E-state index is 0.254. The fraction of sp³-hybridized carbons (Fsp3) is 1.00. The van der Waals surface area contributed by atoms with Gasteiger partial charge < -0.3 is 5.32 Å². The maximum absolute atomic E-state index is 12.0. The largest absolute Gasteiger partial charge is 0.320 e. The number of rotatable bonds is 6. The molecule has 1 N–H and O–H groups in total. The van der Waals surface area contributed by atoms with Gasteiger partial charge in [-0.2, -0.15) is 4.31 Å². The summed E-state index contributed by atoms with van der Waals surface area (Å²) in [6.45, 7) is 3.55. The van der Waals surface area contributed by atoms with E-state index in [9.17, 15) is 8.42 Å². The molecule has 0 radical (unpaired) electrons. The van der Waals surface area contributed by atoms with Crippen molar-refractivity contribution in [3.63, 3.8) is 0 Å². The Labute approximate surface area is 93.1 Å². The normalized spacial score (nSPS) is 23.5. The molecule has 1 aliphatic heterocycles. The van der Waals surface area contributed by atoms with E-state index in [4.69, 9.17) is 0 Å². The third-order valence-corrected chi connectivity index (χ3v) is 4.98. The number of nitrogens with one attached hydrogen (secondary N) is 1. The molecular formula is C10H22N2O2S. The standard InChI is InChI=1S/C10H22N2O2S/c1-3-10-6-4-8-12(10)15(13,14)9-5-7-11-2/h10-11H,3-9H2,1-2H3. The highest BCUT2D eigenvalue weighted by Crippen LogP contribution is 2.23. The van der Waals surface area contributed by atoms with Gasteiger partial charge in [0.25, 0.3) is 0 Å². The smallest absolute Gasteiger partial charge is 0.214 e. The molecule has 1 heterocycles. The van der Waals surface area contributed by atoms with Crippen LogP contribution < -0.4 is 5.32 Å². The van der Waals surface area contributed by atoms with E-state index in [1.807, 2.05) is 7.05 Å². The van der Waals surface area contributed by atoms with Gasteiger partial charge in [-0.15, -0.1) is 0 Å². The van der Waals surface area contributed by atoms with Crippen molar-refractivity contribution in [3.05, 3.63) is 0 Å². The average molecular weight is 234 g/mol. The van der Waals surface area contributed by atoms with E-state index >= 15 is 0 Å². The van der Waals surface area contributed by atoms with E-state index in [2.05, 4.69) is 12.2 Å². The first kappa shape index (κ1) is 12.9. The van der Waals surface area contributed by atoms with Crippen LogP contribution in [0.5, 0.6) is 0 Å². The predicted octanol–water partition coefficient (Wildman–Crippen LogP) is 0.800. The van der Waals surface area contributed by atoms with Crippen LogP contribution in [0.15, 0.2) is 0 Å². The molecule has 0 aromatic carbocycles. The Morgan fingerprint density at radius 3 is 2.80 bits per heavy atom. The van der Waals surface area contributed by atoms with Gasteiger partial charge >= 0.3 is 0 Å². The van der Waals surface area contributed by atoms with E-state index in [0.717, 1.165) is 32.4 Å². The maximum Gasteiger partial charge on any atom is 0.214 e. The molecule has 0 bridgehead atoms. The van der Waals surface area contributed by atoms with Crippen molar-refractivity contribution in [2.24, 2.45) is 0 Å². The first-order valence-electron chi connectivity index (χ1n) is 5.76. The molecular weight excluding hydrogens is 212 g/mol. The molecule has 0 spiro atoms. The molecule has 0 aromatic heterocycles. The molecule has 1 aliphatic rings. The van der Waals surface area contributed by atoms with Crippen molar-refractivity contribution in [3.8, 4) is 0 Å². The predicted molar refractivity (Wildman–Crippen MR) is 62.3 cm³/mol. The first-order chi connectivity index (χ1) is 7.11. The molecule has 5 heteroatoms. The number of hydrogen-bond donors (Lipinski definition) is 1. The van der Waals surface area contributed by atoms with Crippen LogP contribution in [-0.2, 0) is 10.0 Å². The van der Waals surface area contributed by atoms with Gasteiger partial charge in [-0.3, -0.25) is 0 Å². The van der Waals surface area contributed by atoms with Crippen LogP contribution in [0.2, 0.25) is 0 Å². The molecule has 0 aromatic rings. The molecule has 90 valence electrons. The number of sulfonamides is 1. The third kappa shape index (κ3) is 3.43. The number of hydrogen-bond acceptors (Lipinski definition) is 3. The molecule has 1 atom stereocenters. The lowest BCUT2D eigenvalue weighted by Gasteiger charge is -2.22. The first-order valence-corrected chi connectivity index (χ1v) is 7.37. The Balaban J connectivity index is 2.52. The fourth-order valence-electron chi connectivity index (χ4n) is 2.13. The summed E-state index contributed by atoms with van der Waals surface area (Å²) in [5, 5.41) is 2.97. The number of nitrogens with zero attached hydrogens (tertiary/aromatic N) is 1. The van der Waals surface area contributed by atoms with Gasteiger partial charge in [0, 0.05) is 12.6 Å². The van der Waals surface area contributed by atoms with E-state index in [0.29, 0.717) is 6.42 Å². The van der Waals surface area contributed by atoms with Gasteiger partial charge in [0.05, 0.1) is 5.75 Å². The molecule has 0 saturated carbocycles. The highest BCUT2D eigenvalue weighted by Gasteiger charge is 2.32. The minimum atomic E-state index is -3.00. The quantitative estimate of drug-likeness (QED) is 0.692. The summed E-state index contributed by atoms with van der Waals surface area (Å²) >= 11 is 0. The lowest BCUT2D eigenvalue weighted by molar-refractivity contribution is 0.379. The van der Waals surface area contributed by atoms with Crippen LogP contribution in [0.1, 0.15) is 32.6 Å². The lowest BCUT2D eigenvalue weighted by atomic mass is 10.2. The van der Waals surface area contributed by atoms with Gasteiger partial charge in [0.15, 0.2) is 0 Å². The summed E-state index contributed by atoms with van der Waals surface area (Å²) in [5.41, 5.74) is 0. The van der Waals surface area contributed by atoms with Gasteiger partial charge in [-0.1, -0.05) is 6.92 Å². The van der Waals surface area contributed by atoms with Crippen LogP contribution in [0.3, 0.4) is 0 Å². The van der Waals surface area contributed by atoms with Crippen LogP contribution in [-0.4, -0.2) is 44.7 Å². The second-order valence-corrected chi connectivity index (χ2v) is 6.13. The second kappa shape index (κ2) is 5.82. The topological polar surface area (TPSA) is 49.4 Å². The van der Waals surface area contributed by atoms with Gasteiger partial charge in [0.2, 0.25) is 10.0 Å². The summed E-state index contributed by atoms with van der Waals surface area (Å²) in [5.74, 6) is 0.282. The fourth-order valence-corrected chi connectivity index (χ4v) is 3.99. The van der Waals surface area contributed by atoms with Crippen molar-refractivity contribution in [1.29, 1.82) is 0 Å². The molecule has 1 rings (SSSR count). The summed E-state index contributed by atoms with van der Waals surface area (Å²) in [6, 6.07) is 0.254. The molecule has 1 saturated heterocycles. The summed E-state index contributed by atoms with van der Waals surface area (Å²) in [7, 11) is -1.16. The van der Waals surface area contributed by atoms with Crippen LogP contribution in [0.25, 0.3) is 0 Å². The Hall–Kier alpha value is -0.130. The highest BCUT2D eigenvalue weighted by atomic mass is 32.2. The third-order valence-electron chi connectivity index (χ3n) is 2.98. The van der Waals surface area contributed by atoms with Crippen molar-refractivity contribution in [2.75, 3.05) is 25.9 Å². The lowest BCUT2D eigenvalue weighted by Crippen LogP contribution is -2.37. The zero-order chi connectivity index (χ0) is 11.3. The van der Waals surface area contributed by atoms with Crippen molar-refractivity contribution in [1.82, 2.24) is 9.62 Å². The van der Waals surface area contributed by atoms with Gasteiger partial charge in [-0.05, 0) is 39.3 Å².